The van der Waals surface area contributed by atoms with Crippen LogP contribution in [0.1, 0.15) is 32.9 Å². The zero-order chi connectivity index (χ0) is 20.4. The monoisotopic (exact) mass is 410 g/mol. The first kappa shape index (κ1) is 19.3. The fraction of sp³-hybridized carbons (Fsp3) is 0.273. The number of fused-ring (bicyclic) bond motifs is 1. The molecule has 1 fully saturated rings. The second kappa shape index (κ2) is 8.13. The summed E-state index contributed by atoms with van der Waals surface area (Å²) in [7, 11) is 3.09. The smallest absolute Gasteiger partial charge is 0.263 e. The zero-order valence-electron chi connectivity index (χ0n) is 16.4. The highest BCUT2D eigenvalue weighted by atomic mass is 32.1. The minimum atomic E-state index is -0.259. The van der Waals surface area contributed by atoms with E-state index < -0.39 is 0 Å². The van der Waals surface area contributed by atoms with Crippen LogP contribution in [-0.4, -0.2) is 44.0 Å². The summed E-state index contributed by atoms with van der Waals surface area (Å²) >= 11 is 1.49. The van der Waals surface area contributed by atoms with E-state index in [2.05, 4.69) is 5.32 Å². The van der Waals surface area contributed by atoms with E-state index in [1.54, 1.807) is 32.4 Å². The van der Waals surface area contributed by atoms with Gasteiger partial charge in [-0.2, -0.15) is 0 Å². The van der Waals surface area contributed by atoms with Crippen LogP contribution in [0.3, 0.4) is 0 Å². The van der Waals surface area contributed by atoms with Gasteiger partial charge in [-0.1, -0.05) is 0 Å². The first-order valence-corrected chi connectivity index (χ1v) is 10.3. The summed E-state index contributed by atoms with van der Waals surface area (Å²) in [4.78, 5) is 28.0. The van der Waals surface area contributed by atoms with Crippen molar-refractivity contribution in [1.29, 1.82) is 0 Å². The van der Waals surface area contributed by atoms with E-state index in [1.807, 2.05) is 29.2 Å². The Morgan fingerprint density at radius 3 is 2.31 bits per heavy atom. The van der Waals surface area contributed by atoms with Gasteiger partial charge in [-0.25, -0.2) is 0 Å². The minimum Gasteiger partial charge on any atom is -0.497 e. The van der Waals surface area contributed by atoms with E-state index in [-0.39, 0.29) is 11.8 Å². The number of thiophene rings is 1. The molecule has 0 atom stereocenters. The highest BCUT2D eigenvalue weighted by Crippen LogP contribution is 2.30. The number of hydrogen-bond donors (Lipinski definition) is 1. The summed E-state index contributed by atoms with van der Waals surface area (Å²) in [5.41, 5.74) is 1.11. The van der Waals surface area contributed by atoms with Crippen LogP contribution in [-0.2, 0) is 0 Å². The number of amides is 2. The van der Waals surface area contributed by atoms with Crippen molar-refractivity contribution in [3.63, 3.8) is 0 Å². The molecule has 1 N–H and O–H groups in total. The number of benzene rings is 2. The van der Waals surface area contributed by atoms with Crippen molar-refractivity contribution in [2.75, 3.05) is 32.6 Å². The molecule has 0 saturated carbocycles. The van der Waals surface area contributed by atoms with Gasteiger partial charge in [0.2, 0.25) is 0 Å². The number of rotatable bonds is 5. The number of anilines is 1. The Morgan fingerprint density at radius 1 is 0.966 bits per heavy atom. The molecule has 2 amide bonds. The van der Waals surface area contributed by atoms with Crippen molar-refractivity contribution in [2.45, 2.75) is 12.8 Å². The first-order valence-electron chi connectivity index (χ1n) is 9.44. The highest BCUT2D eigenvalue weighted by molar-refractivity contribution is 7.20. The van der Waals surface area contributed by atoms with Crippen molar-refractivity contribution < 1.29 is 19.1 Å². The van der Waals surface area contributed by atoms with Gasteiger partial charge in [-0.05, 0) is 54.6 Å². The maximum absolute atomic E-state index is 12.7. The third-order valence-electron chi connectivity index (χ3n) is 4.99. The minimum absolute atomic E-state index is 0.0951. The average Bonchev–Trinajstić information content (AvgIpc) is 3.42. The first-order chi connectivity index (χ1) is 14.1. The molecule has 7 heteroatoms. The molecule has 150 valence electrons. The Morgan fingerprint density at radius 2 is 1.66 bits per heavy atom. The van der Waals surface area contributed by atoms with E-state index in [9.17, 15) is 9.59 Å². The van der Waals surface area contributed by atoms with Crippen LogP contribution >= 0.6 is 11.3 Å². The Balaban J connectivity index is 1.55. The van der Waals surface area contributed by atoms with E-state index in [0.29, 0.717) is 22.7 Å². The number of carbonyl (C=O) groups excluding carboxylic acids is 2. The van der Waals surface area contributed by atoms with E-state index in [1.165, 1.54) is 11.3 Å². The number of nitrogens with one attached hydrogen (secondary N) is 1. The number of nitrogens with zero attached hydrogens (tertiary/aromatic N) is 1. The Kier molecular flexibility index (Phi) is 5.40. The molecular formula is C22H22N2O4S. The van der Waals surface area contributed by atoms with E-state index >= 15 is 0 Å². The van der Waals surface area contributed by atoms with Crippen LogP contribution in [0.2, 0.25) is 0 Å². The summed E-state index contributed by atoms with van der Waals surface area (Å²) in [6, 6.07) is 12.6. The number of hydrogen-bond acceptors (Lipinski definition) is 5. The van der Waals surface area contributed by atoms with Gasteiger partial charge >= 0.3 is 0 Å². The molecule has 2 heterocycles. The molecule has 1 aliphatic rings. The molecule has 0 spiro atoms. The second-order valence-corrected chi connectivity index (χ2v) is 8.00. The third-order valence-corrected chi connectivity index (χ3v) is 6.10. The predicted molar refractivity (Wildman–Crippen MR) is 114 cm³/mol. The maximum Gasteiger partial charge on any atom is 0.263 e. The predicted octanol–water partition coefficient (Wildman–Crippen LogP) is 4.41. The van der Waals surface area contributed by atoms with Gasteiger partial charge in [0.05, 0.1) is 19.1 Å². The highest BCUT2D eigenvalue weighted by Gasteiger charge is 2.21. The number of ether oxygens (including phenoxy) is 2. The van der Waals surface area contributed by atoms with Crippen LogP contribution in [0.15, 0.2) is 42.5 Å². The van der Waals surface area contributed by atoms with Crippen molar-refractivity contribution >= 4 is 38.9 Å². The number of carbonyl (C=O) groups is 2. The molecule has 0 unspecified atom stereocenters. The largest absolute Gasteiger partial charge is 0.497 e. The van der Waals surface area contributed by atoms with Crippen molar-refractivity contribution in [2.24, 2.45) is 0 Å². The molecular weight excluding hydrogens is 388 g/mol. The van der Waals surface area contributed by atoms with Crippen LogP contribution in [0.25, 0.3) is 10.1 Å². The zero-order valence-corrected chi connectivity index (χ0v) is 17.2. The molecule has 4 rings (SSSR count). The normalized spacial score (nSPS) is 13.5. The fourth-order valence-electron chi connectivity index (χ4n) is 3.44. The summed E-state index contributed by atoms with van der Waals surface area (Å²) in [6.07, 6.45) is 2.14. The summed E-state index contributed by atoms with van der Waals surface area (Å²) in [5.74, 6) is 0.934. The lowest BCUT2D eigenvalue weighted by Gasteiger charge is -2.13. The van der Waals surface area contributed by atoms with Gasteiger partial charge in [-0.15, -0.1) is 11.3 Å². The molecule has 3 aromatic rings. The molecule has 1 aliphatic heterocycles. The standard InChI is InChI=1S/C22H22N2O4S/c1-27-17-10-15(11-18(13-17)28-2)21(25)23-16-5-6-19-14(9-16)12-20(29-19)22(26)24-7-3-4-8-24/h5-6,9-13H,3-4,7-8H2,1-2H3,(H,23,25). The molecule has 0 bridgehead atoms. The van der Waals surface area contributed by atoms with Gasteiger partial charge in [0.15, 0.2) is 0 Å². The topological polar surface area (TPSA) is 67.9 Å². The van der Waals surface area contributed by atoms with Crippen LogP contribution in [0, 0.1) is 0 Å². The van der Waals surface area contributed by atoms with Gasteiger partial charge in [0.1, 0.15) is 11.5 Å². The molecule has 0 aliphatic carbocycles. The summed E-state index contributed by atoms with van der Waals surface area (Å²) in [5, 5.41) is 3.85. The molecule has 0 radical (unpaired) electrons. The fourth-order valence-corrected chi connectivity index (χ4v) is 4.46. The van der Waals surface area contributed by atoms with Gasteiger partial charge in [-0.3, -0.25) is 9.59 Å². The summed E-state index contributed by atoms with van der Waals surface area (Å²) in [6.45, 7) is 1.66. The SMILES string of the molecule is COc1cc(OC)cc(C(=O)Nc2ccc3sc(C(=O)N4CCCC4)cc3c2)c1. The van der Waals surface area contributed by atoms with Gasteiger partial charge < -0.3 is 19.7 Å². The number of likely N-dealkylation sites (tertiary alicyclic amines) is 1. The molecule has 2 aromatic carbocycles. The van der Waals surface area contributed by atoms with Crippen molar-refractivity contribution in [1.82, 2.24) is 4.90 Å². The van der Waals surface area contributed by atoms with Crippen LogP contribution in [0.5, 0.6) is 11.5 Å². The second-order valence-electron chi connectivity index (χ2n) is 6.92. The third kappa shape index (κ3) is 4.05. The van der Waals surface area contributed by atoms with Crippen molar-refractivity contribution in [3.05, 3.63) is 52.9 Å². The Bertz CT molecular complexity index is 1050. The molecule has 6 nitrogen and oxygen atoms in total. The molecule has 29 heavy (non-hydrogen) atoms. The van der Waals surface area contributed by atoms with Gasteiger partial charge in [0, 0.05) is 35.1 Å². The van der Waals surface area contributed by atoms with Gasteiger partial charge in [0.25, 0.3) is 11.8 Å². The van der Waals surface area contributed by atoms with E-state index in [0.717, 1.165) is 40.9 Å². The lowest BCUT2D eigenvalue weighted by Crippen LogP contribution is -2.26. The molecule has 1 saturated heterocycles. The maximum atomic E-state index is 12.7. The Hall–Kier alpha value is -3.06. The van der Waals surface area contributed by atoms with Crippen LogP contribution < -0.4 is 14.8 Å². The van der Waals surface area contributed by atoms with E-state index in [4.69, 9.17) is 9.47 Å². The quantitative estimate of drug-likeness (QED) is 0.677. The van der Waals surface area contributed by atoms with Crippen molar-refractivity contribution in [3.8, 4) is 11.5 Å². The lowest BCUT2D eigenvalue weighted by molar-refractivity contribution is 0.0797. The average molecular weight is 410 g/mol. The van der Waals surface area contributed by atoms with Crippen LogP contribution in [0.4, 0.5) is 5.69 Å². The lowest BCUT2D eigenvalue weighted by atomic mass is 10.1. The number of methoxy groups -OCH3 is 2. The summed E-state index contributed by atoms with van der Waals surface area (Å²) < 4.78 is 11.5. The molecule has 1 aromatic heterocycles. The Labute approximate surface area is 173 Å².